The van der Waals surface area contributed by atoms with Gasteiger partial charge in [0.25, 0.3) is 5.91 Å². The number of ketones is 1. The minimum atomic E-state index is -0.0174. The minimum absolute atomic E-state index is 0.0174. The zero-order chi connectivity index (χ0) is 23.4. The lowest BCUT2D eigenvalue weighted by atomic mass is 10.1. The van der Waals surface area contributed by atoms with Gasteiger partial charge in [-0.2, -0.15) is 0 Å². The molecule has 0 unspecified atom stereocenters. The van der Waals surface area contributed by atoms with Crippen molar-refractivity contribution in [1.82, 2.24) is 14.5 Å². The number of aryl methyl sites for hydroxylation is 1. The molecule has 0 N–H and O–H groups in total. The van der Waals surface area contributed by atoms with Gasteiger partial charge in [0, 0.05) is 57.8 Å². The summed E-state index contributed by atoms with van der Waals surface area (Å²) < 4.78 is 7.81. The second-order valence-corrected chi connectivity index (χ2v) is 9.07. The van der Waals surface area contributed by atoms with E-state index in [2.05, 4.69) is 14.9 Å². The van der Waals surface area contributed by atoms with E-state index in [1.165, 1.54) is 25.7 Å². The quantitative estimate of drug-likeness (QED) is 0.646. The number of fused-ring (bicyclic) bond motifs is 1. The van der Waals surface area contributed by atoms with E-state index < -0.39 is 0 Å². The SMILES string of the molecule is CC(=O)CC/N=c1/cc(N2CCOc3cc(C(=O)N(C)CC4CCCC4)cnc32)ccn1C. The molecule has 0 bridgehead atoms. The number of Topliss-reactive ketones (excluding diaryl/α,β-unsaturated/α-hetero) is 1. The number of hydrogen-bond acceptors (Lipinski definition) is 6. The zero-order valence-electron chi connectivity index (χ0n) is 19.8. The standard InChI is InChI=1S/C25H33N5O3/c1-18(31)8-10-26-23-15-21(9-11-28(23)2)30-12-13-33-22-14-20(16-27-24(22)30)25(32)29(3)17-19-6-4-5-7-19/h9,11,14-16,19H,4-8,10,12-13,17H2,1-3H3/b26-23-. The van der Waals surface area contributed by atoms with E-state index in [4.69, 9.17) is 4.74 Å². The molecule has 2 aliphatic rings. The molecule has 0 spiro atoms. The van der Waals surface area contributed by atoms with Crippen LogP contribution in [0.15, 0.2) is 35.6 Å². The van der Waals surface area contributed by atoms with Gasteiger partial charge in [-0.25, -0.2) is 4.98 Å². The van der Waals surface area contributed by atoms with Crippen LogP contribution < -0.4 is 15.1 Å². The Labute approximate surface area is 194 Å². The highest BCUT2D eigenvalue weighted by molar-refractivity contribution is 5.94. The predicted molar refractivity (Wildman–Crippen MR) is 127 cm³/mol. The predicted octanol–water partition coefficient (Wildman–Crippen LogP) is 3.09. The third-order valence-corrected chi connectivity index (χ3v) is 6.42. The van der Waals surface area contributed by atoms with Crippen LogP contribution in [-0.2, 0) is 11.8 Å². The number of carbonyl (C=O) groups excluding carboxylic acids is 2. The first kappa shape index (κ1) is 23.0. The molecule has 0 saturated heterocycles. The fraction of sp³-hybridized carbons (Fsp3) is 0.520. The second kappa shape index (κ2) is 10.2. The fourth-order valence-corrected chi connectivity index (χ4v) is 4.55. The molecule has 33 heavy (non-hydrogen) atoms. The highest BCUT2D eigenvalue weighted by atomic mass is 16.5. The number of anilines is 2. The van der Waals surface area contributed by atoms with E-state index in [1.807, 2.05) is 48.0 Å². The van der Waals surface area contributed by atoms with Gasteiger partial charge in [-0.05, 0) is 37.8 Å². The first-order valence-electron chi connectivity index (χ1n) is 11.7. The van der Waals surface area contributed by atoms with E-state index >= 15 is 0 Å². The Balaban J connectivity index is 1.55. The third-order valence-electron chi connectivity index (χ3n) is 6.42. The third kappa shape index (κ3) is 5.43. The lowest BCUT2D eigenvalue weighted by Gasteiger charge is -2.30. The number of pyridine rings is 2. The van der Waals surface area contributed by atoms with Gasteiger partial charge >= 0.3 is 0 Å². The molecule has 8 nitrogen and oxygen atoms in total. The van der Waals surface area contributed by atoms with Gasteiger partial charge in [0.1, 0.15) is 17.9 Å². The van der Waals surface area contributed by atoms with Crippen molar-refractivity contribution in [2.24, 2.45) is 18.0 Å². The van der Waals surface area contributed by atoms with E-state index in [-0.39, 0.29) is 11.7 Å². The highest BCUT2D eigenvalue weighted by Gasteiger charge is 2.25. The van der Waals surface area contributed by atoms with Gasteiger partial charge in [0.15, 0.2) is 11.6 Å². The lowest BCUT2D eigenvalue weighted by Crippen LogP contribution is -2.33. The van der Waals surface area contributed by atoms with Crippen LogP contribution in [0.1, 0.15) is 49.4 Å². The Morgan fingerprint density at radius 1 is 1.27 bits per heavy atom. The first-order chi connectivity index (χ1) is 15.9. The van der Waals surface area contributed by atoms with Crippen LogP contribution in [0.4, 0.5) is 11.5 Å². The van der Waals surface area contributed by atoms with Gasteiger partial charge in [0.05, 0.1) is 12.1 Å². The Morgan fingerprint density at radius 3 is 2.82 bits per heavy atom. The maximum absolute atomic E-state index is 13.0. The Kier molecular flexibility index (Phi) is 7.11. The lowest BCUT2D eigenvalue weighted by molar-refractivity contribution is -0.116. The summed E-state index contributed by atoms with van der Waals surface area (Å²) in [5, 5.41) is 0. The number of hydrogen-bond donors (Lipinski definition) is 0. The van der Waals surface area contributed by atoms with Crippen molar-refractivity contribution in [3.05, 3.63) is 41.6 Å². The summed E-state index contributed by atoms with van der Waals surface area (Å²) in [6.07, 6.45) is 8.96. The first-order valence-corrected chi connectivity index (χ1v) is 11.7. The molecule has 176 valence electrons. The van der Waals surface area contributed by atoms with Crippen LogP contribution in [0, 0.1) is 5.92 Å². The molecule has 2 aromatic rings. The van der Waals surface area contributed by atoms with Crippen molar-refractivity contribution in [3.63, 3.8) is 0 Å². The van der Waals surface area contributed by atoms with Gasteiger partial charge in [-0.15, -0.1) is 0 Å². The van der Waals surface area contributed by atoms with E-state index in [0.29, 0.717) is 49.2 Å². The zero-order valence-corrected chi connectivity index (χ0v) is 19.8. The number of ether oxygens (including phenoxy) is 1. The van der Waals surface area contributed by atoms with Crippen LogP contribution in [0.25, 0.3) is 0 Å². The van der Waals surface area contributed by atoms with Crippen LogP contribution >= 0.6 is 0 Å². The number of aromatic nitrogens is 2. The van der Waals surface area contributed by atoms with Crippen LogP contribution in [-0.4, -0.2) is 59.4 Å². The molecule has 3 heterocycles. The number of nitrogens with zero attached hydrogens (tertiary/aromatic N) is 5. The molecule has 1 saturated carbocycles. The van der Waals surface area contributed by atoms with E-state index in [0.717, 1.165) is 17.7 Å². The summed E-state index contributed by atoms with van der Waals surface area (Å²) in [5.74, 6) is 2.02. The van der Waals surface area contributed by atoms with Crippen molar-refractivity contribution >= 4 is 23.2 Å². The molecule has 1 amide bonds. The number of amides is 1. The summed E-state index contributed by atoms with van der Waals surface area (Å²) in [6.45, 7) is 3.98. The Hall–Kier alpha value is -3.16. The molecular weight excluding hydrogens is 418 g/mol. The monoisotopic (exact) mass is 451 g/mol. The Bertz CT molecular complexity index is 1090. The molecule has 2 aromatic heterocycles. The molecule has 0 radical (unpaired) electrons. The molecule has 4 rings (SSSR count). The molecular formula is C25H33N5O3. The fourth-order valence-electron chi connectivity index (χ4n) is 4.55. The molecule has 1 aliphatic carbocycles. The summed E-state index contributed by atoms with van der Waals surface area (Å²) >= 11 is 0. The smallest absolute Gasteiger partial charge is 0.255 e. The maximum atomic E-state index is 13.0. The maximum Gasteiger partial charge on any atom is 0.255 e. The minimum Gasteiger partial charge on any atom is -0.488 e. The molecule has 0 aromatic carbocycles. The van der Waals surface area contributed by atoms with Crippen LogP contribution in [0.3, 0.4) is 0 Å². The largest absolute Gasteiger partial charge is 0.488 e. The molecule has 0 atom stereocenters. The molecule has 8 heteroatoms. The van der Waals surface area contributed by atoms with E-state index in [9.17, 15) is 9.59 Å². The van der Waals surface area contributed by atoms with Gasteiger partial charge in [-0.1, -0.05) is 12.8 Å². The van der Waals surface area contributed by atoms with Crippen molar-refractivity contribution in [2.45, 2.75) is 39.0 Å². The average Bonchev–Trinajstić information content (AvgIpc) is 3.32. The van der Waals surface area contributed by atoms with Gasteiger partial charge in [-0.3, -0.25) is 14.6 Å². The van der Waals surface area contributed by atoms with Crippen molar-refractivity contribution in [3.8, 4) is 5.75 Å². The van der Waals surface area contributed by atoms with Crippen LogP contribution in [0.5, 0.6) is 5.75 Å². The average molecular weight is 452 g/mol. The Morgan fingerprint density at radius 2 is 2.06 bits per heavy atom. The van der Waals surface area contributed by atoms with Crippen molar-refractivity contribution < 1.29 is 14.3 Å². The summed E-state index contributed by atoms with van der Waals surface area (Å²) in [6, 6.07) is 5.81. The number of rotatable bonds is 7. The van der Waals surface area contributed by atoms with Crippen LogP contribution in [0.2, 0.25) is 0 Å². The summed E-state index contributed by atoms with van der Waals surface area (Å²) in [7, 11) is 3.80. The molecule has 1 aliphatic heterocycles. The normalized spacial score (nSPS) is 16.5. The topological polar surface area (TPSA) is 80.0 Å². The highest BCUT2D eigenvalue weighted by Crippen LogP contribution is 2.35. The van der Waals surface area contributed by atoms with Gasteiger partial charge in [0.2, 0.25) is 0 Å². The van der Waals surface area contributed by atoms with Crippen molar-refractivity contribution in [2.75, 3.05) is 38.2 Å². The summed E-state index contributed by atoms with van der Waals surface area (Å²) in [5.41, 5.74) is 2.29. The summed E-state index contributed by atoms with van der Waals surface area (Å²) in [4.78, 5) is 37.3. The van der Waals surface area contributed by atoms with Crippen molar-refractivity contribution in [1.29, 1.82) is 0 Å². The number of carbonyl (C=O) groups is 2. The van der Waals surface area contributed by atoms with E-state index in [1.54, 1.807) is 13.1 Å². The second-order valence-electron chi connectivity index (χ2n) is 9.07. The molecule has 1 fully saturated rings. The van der Waals surface area contributed by atoms with Gasteiger partial charge < -0.3 is 19.1 Å².